The van der Waals surface area contributed by atoms with E-state index in [0.29, 0.717) is 17.0 Å². The quantitative estimate of drug-likeness (QED) is 0.684. The van der Waals surface area contributed by atoms with Crippen LogP contribution in [0.1, 0.15) is 11.4 Å². The van der Waals surface area contributed by atoms with Crippen LogP contribution in [0.25, 0.3) is 22.3 Å². The second kappa shape index (κ2) is 5.64. The third-order valence-electron chi connectivity index (χ3n) is 3.59. The molecule has 0 atom stereocenters. The molecular weight excluding hydrogens is 282 g/mol. The first-order chi connectivity index (χ1) is 10.6. The Morgan fingerprint density at radius 3 is 1.91 bits per heavy atom. The van der Waals surface area contributed by atoms with E-state index in [9.17, 15) is 8.78 Å². The zero-order valence-corrected chi connectivity index (χ0v) is 12.3. The zero-order valence-electron chi connectivity index (χ0n) is 12.3. The molecule has 0 N–H and O–H groups in total. The van der Waals surface area contributed by atoms with Crippen LogP contribution < -0.4 is 0 Å². The van der Waals surface area contributed by atoms with Crippen LogP contribution in [0.15, 0.2) is 48.8 Å². The first-order valence-corrected chi connectivity index (χ1v) is 6.90. The lowest BCUT2D eigenvalue weighted by Crippen LogP contribution is -1.93. The maximum atomic E-state index is 14.0. The van der Waals surface area contributed by atoms with Crippen molar-refractivity contribution in [2.24, 2.45) is 0 Å². The molecule has 110 valence electrons. The standard InChI is InChI=1S/C18H14F2N2/c1-11-3-8-16(18(20)17(11)19)14-6-4-13(5-7-14)15-9-21-12(2)22-10-15/h3-10H,1-2H3. The molecule has 2 aromatic carbocycles. The van der Waals surface area contributed by atoms with Gasteiger partial charge in [0.2, 0.25) is 0 Å². The topological polar surface area (TPSA) is 25.8 Å². The second-order valence-electron chi connectivity index (χ2n) is 5.15. The molecule has 3 aromatic rings. The van der Waals surface area contributed by atoms with Gasteiger partial charge in [-0.15, -0.1) is 0 Å². The van der Waals surface area contributed by atoms with Crippen molar-refractivity contribution in [2.45, 2.75) is 13.8 Å². The van der Waals surface area contributed by atoms with Crippen molar-refractivity contribution in [1.82, 2.24) is 9.97 Å². The maximum absolute atomic E-state index is 14.0. The van der Waals surface area contributed by atoms with Gasteiger partial charge in [0.05, 0.1) is 0 Å². The van der Waals surface area contributed by atoms with E-state index in [-0.39, 0.29) is 5.56 Å². The summed E-state index contributed by atoms with van der Waals surface area (Å²) >= 11 is 0. The van der Waals surface area contributed by atoms with Crippen molar-refractivity contribution >= 4 is 0 Å². The summed E-state index contributed by atoms with van der Waals surface area (Å²) in [6, 6.07) is 10.4. The molecule has 0 saturated heterocycles. The number of aromatic nitrogens is 2. The summed E-state index contributed by atoms with van der Waals surface area (Å²) < 4.78 is 27.7. The molecule has 4 heteroatoms. The normalized spacial score (nSPS) is 10.7. The Labute approximate surface area is 127 Å². The summed E-state index contributed by atoms with van der Waals surface area (Å²) in [5.74, 6) is -0.905. The molecule has 0 aliphatic heterocycles. The van der Waals surface area contributed by atoms with E-state index in [0.717, 1.165) is 11.1 Å². The maximum Gasteiger partial charge on any atom is 0.166 e. The van der Waals surface area contributed by atoms with Gasteiger partial charge in [-0.05, 0) is 30.5 Å². The van der Waals surface area contributed by atoms with E-state index >= 15 is 0 Å². The minimum absolute atomic E-state index is 0.259. The van der Waals surface area contributed by atoms with Gasteiger partial charge in [-0.1, -0.05) is 36.4 Å². The van der Waals surface area contributed by atoms with E-state index in [1.165, 1.54) is 0 Å². The number of nitrogens with zero attached hydrogens (tertiary/aromatic N) is 2. The number of halogens is 2. The van der Waals surface area contributed by atoms with Gasteiger partial charge in [0.15, 0.2) is 11.6 Å². The summed E-state index contributed by atoms with van der Waals surface area (Å²) in [7, 11) is 0. The predicted octanol–water partition coefficient (Wildman–Crippen LogP) is 4.71. The molecule has 2 nitrogen and oxygen atoms in total. The fraction of sp³-hybridized carbons (Fsp3) is 0.111. The lowest BCUT2D eigenvalue weighted by atomic mass is 10.00. The average molecular weight is 296 g/mol. The number of benzene rings is 2. The van der Waals surface area contributed by atoms with Crippen molar-refractivity contribution in [2.75, 3.05) is 0 Å². The highest BCUT2D eigenvalue weighted by atomic mass is 19.2. The van der Waals surface area contributed by atoms with Crippen molar-refractivity contribution in [3.8, 4) is 22.3 Å². The fourth-order valence-corrected chi connectivity index (χ4v) is 2.25. The molecule has 0 radical (unpaired) electrons. The third kappa shape index (κ3) is 2.60. The van der Waals surface area contributed by atoms with Crippen molar-refractivity contribution < 1.29 is 8.78 Å². The van der Waals surface area contributed by atoms with E-state index in [1.54, 1.807) is 43.6 Å². The Morgan fingerprint density at radius 2 is 1.27 bits per heavy atom. The molecule has 0 unspecified atom stereocenters. The van der Waals surface area contributed by atoms with Crippen LogP contribution in [0.3, 0.4) is 0 Å². The molecule has 0 aliphatic rings. The molecule has 0 spiro atoms. The Kier molecular flexibility index (Phi) is 3.67. The van der Waals surface area contributed by atoms with Crippen LogP contribution >= 0.6 is 0 Å². The van der Waals surface area contributed by atoms with Crippen LogP contribution in [0, 0.1) is 25.5 Å². The predicted molar refractivity (Wildman–Crippen MR) is 82.3 cm³/mol. The SMILES string of the molecule is Cc1ncc(-c2ccc(-c3ccc(C)c(F)c3F)cc2)cn1. The number of hydrogen-bond donors (Lipinski definition) is 0. The molecule has 0 amide bonds. The molecule has 1 aromatic heterocycles. The number of aryl methyl sites for hydroxylation is 2. The molecule has 0 saturated carbocycles. The summed E-state index contributed by atoms with van der Waals surface area (Å²) in [5, 5.41) is 0. The van der Waals surface area contributed by atoms with Crippen molar-refractivity contribution in [1.29, 1.82) is 0 Å². The lowest BCUT2D eigenvalue weighted by molar-refractivity contribution is 0.505. The van der Waals surface area contributed by atoms with E-state index < -0.39 is 11.6 Å². The van der Waals surface area contributed by atoms with Crippen LogP contribution in [0.5, 0.6) is 0 Å². The first-order valence-electron chi connectivity index (χ1n) is 6.90. The van der Waals surface area contributed by atoms with E-state index in [4.69, 9.17) is 0 Å². The highest BCUT2D eigenvalue weighted by Crippen LogP contribution is 2.28. The Bertz CT molecular complexity index is 810. The monoisotopic (exact) mass is 296 g/mol. The van der Waals surface area contributed by atoms with Crippen LogP contribution in [0.4, 0.5) is 8.78 Å². The highest BCUT2D eigenvalue weighted by Gasteiger charge is 2.12. The van der Waals surface area contributed by atoms with E-state index in [2.05, 4.69) is 9.97 Å². The lowest BCUT2D eigenvalue weighted by Gasteiger charge is -2.08. The third-order valence-corrected chi connectivity index (χ3v) is 3.59. The Morgan fingerprint density at radius 1 is 0.682 bits per heavy atom. The molecule has 22 heavy (non-hydrogen) atoms. The first kappa shape index (κ1) is 14.3. The molecule has 0 bridgehead atoms. The highest BCUT2D eigenvalue weighted by molar-refractivity contribution is 5.70. The number of rotatable bonds is 2. The summed E-state index contributed by atoms with van der Waals surface area (Å²) in [6.45, 7) is 3.37. The van der Waals surface area contributed by atoms with Crippen LogP contribution in [-0.2, 0) is 0 Å². The molecule has 1 heterocycles. The van der Waals surface area contributed by atoms with Crippen LogP contribution in [-0.4, -0.2) is 9.97 Å². The largest absolute Gasteiger partial charge is 0.241 e. The van der Waals surface area contributed by atoms with Gasteiger partial charge in [-0.2, -0.15) is 0 Å². The van der Waals surface area contributed by atoms with Gasteiger partial charge in [0, 0.05) is 23.5 Å². The summed E-state index contributed by atoms with van der Waals surface area (Å²) in [4.78, 5) is 8.30. The van der Waals surface area contributed by atoms with Crippen molar-refractivity contribution in [3.63, 3.8) is 0 Å². The minimum Gasteiger partial charge on any atom is -0.241 e. The smallest absolute Gasteiger partial charge is 0.166 e. The van der Waals surface area contributed by atoms with Gasteiger partial charge in [-0.3, -0.25) is 0 Å². The molecule has 3 rings (SSSR count). The Hall–Kier alpha value is -2.62. The molecule has 0 fully saturated rings. The summed E-state index contributed by atoms with van der Waals surface area (Å²) in [5.41, 5.74) is 3.00. The van der Waals surface area contributed by atoms with Gasteiger partial charge in [0.25, 0.3) is 0 Å². The zero-order chi connectivity index (χ0) is 15.7. The van der Waals surface area contributed by atoms with Gasteiger partial charge in [0.1, 0.15) is 5.82 Å². The van der Waals surface area contributed by atoms with Crippen LogP contribution in [0.2, 0.25) is 0 Å². The van der Waals surface area contributed by atoms with Gasteiger partial charge >= 0.3 is 0 Å². The molecule has 0 aliphatic carbocycles. The fourth-order valence-electron chi connectivity index (χ4n) is 2.25. The van der Waals surface area contributed by atoms with Gasteiger partial charge < -0.3 is 0 Å². The molecular formula is C18H14F2N2. The minimum atomic E-state index is -0.814. The number of hydrogen-bond acceptors (Lipinski definition) is 2. The summed E-state index contributed by atoms with van der Waals surface area (Å²) in [6.07, 6.45) is 3.48. The average Bonchev–Trinajstić information content (AvgIpc) is 2.54. The van der Waals surface area contributed by atoms with E-state index in [1.807, 2.05) is 19.1 Å². The second-order valence-corrected chi connectivity index (χ2v) is 5.15. The van der Waals surface area contributed by atoms with Crippen molar-refractivity contribution in [3.05, 3.63) is 71.8 Å². The Balaban J connectivity index is 1.98. The van der Waals surface area contributed by atoms with Gasteiger partial charge in [-0.25, -0.2) is 18.7 Å².